The minimum atomic E-state index is 0.464. The Hall–Kier alpha value is -1.62. The van der Waals surface area contributed by atoms with E-state index in [9.17, 15) is 0 Å². The average molecular weight is 305 g/mol. The number of nitrogens with zero attached hydrogens (tertiary/aromatic N) is 1. The lowest BCUT2D eigenvalue weighted by atomic mass is 9.86. The van der Waals surface area contributed by atoms with Crippen LogP contribution in [0.2, 0.25) is 0 Å². The summed E-state index contributed by atoms with van der Waals surface area (Å²) >= 11 is 5.29. The number of ether oxygens (including phenoxy) is 1. The summed E-state index contributed by atoms with van der Waals surface area (Å²) in [5.41, 5.74) is 3.85. The van der Waals surface area contributed by atoms with Gasteiger partial charge < -0.3 is 10.1 Å². The lowest BCUT2D eigenvalue weighted by Gasteiger charge is -2.30. The van der Waals surface area contributed by atoms with Crippen molar-refractivity contribution in [2.75, 3.05) is 7.11 Å². The molecular formula is C16H23N3OS. The van der Waals surface area contributed by atoms with E-state index in [-0.39, 0.29) is 0 Å². The van der Waals surface area contributed by atoms with Gasteiger partial charge in [-0.15, -0.1) is 0 Å². The van der Waals surface area contributed by atoms with Crippen LogP contribution >= 0.6 is 12.2 Å². The average Bonchev–Trinajstić information content (AvgIpc) is 2.50. The maximum atomic E-state index is 5.29. The lowest BCUT2D eigenvalue weighted by Crippen LogP contribution is -2.44. The van der Waals surface area contributed by atoms with Crippen molar-refractivity contribution in [3.05, 3.63) is 29.8 Å². The molecule has 0 unspecified atom stereocenters. The smallest absolute Gasteiger partial charge is 0.187 e. The van der Waals surface area contributed by atoms with Crippen molar-refractivity contribution in [3.8, 4) is 5.75 Å². The van der Waals surface area contributed by atoms with Gasteiger partial charge in [-0.05, 0) is 48.7 Å². The molecule has 114 valence electrons. The van der Waals surface area contributed by atoms with E-state index in [2.05, 4.69) is 22.8 Å². The molecule has 0 aliphatic heterocycles. The van der Waals surface area contributed by atoms with Gasteiger partial charge in [-0.3, -0.25) is 5.43 Å². The molecule has 4 nitrogen and oxygen atoms in total. The Morgan fingerprint density at radius 3 is 2.95 bits per heavy atom. The van der Waals surface area contributed by atoms with Crippen molar-refractivity contribution >= 4 is 23.5 Å². The molecular weight excluding hydrogens is 282 g/mol. The fourth-order valence-electron chi connectivity index (χ4n) is 2.62. The molecule has 1 aromatic rings. The van der Waals surface area contributed by atoms with Crippen LogP contribution in [0.1, 0.15) is 38.2 Å². The number of thiocarbonyl (C=S) groups is 1. The molecule has 1 saturated carbocycles. The Balaban J connectivity index is 1.81. The van der Waals surface area contributed by atoms with Crippen LogP contribution in [0.3, 0.4) is 0 Å². The molecule has 1 aromatic carbocycles. The summed E-state index contributed by atoms with van der Waals surface area (Å²) in [5, 5.41) is 8.12. The van der Waals surface area contributed by atoms with Gasteiger partial charge in [0.2, 0.25) is 0 Å². The van der Waals surface area contributed by atoms with E-state index >= 15 is 0 Å². The minimum Gasteiger partial charge on any atom is -0.497 e. The second kappa shape index (κ2) is 7.98. The number of benzene rings is 1. The SMILES string of the molecule is COc1cccc(/C=N\NC(=S)N[C@@H]2CCCC[C@@H]2C)c1. The van der Waals surface area contributed by atoms with Crippen molar-refractivity contribution in [1.82, 2.24) is 10.7 Å². The lowest BCUT2D eigenvalue weighted by molar-refractivity contribution is 0.308. The summed E-state index contributed by atoms with van der Waals surface area (Å²) in [6.07, 6.45) is 6.79. The number of methoxy groups -OCH3 is 1. The third-order valence-electron chi connectivity index (χ3n) is 3.90. The highest BCUT2D eigenvalue weighted by Gasteiger charge is 2.21. The molecule has 0 amide bonds. The second-order valence-electron chi connectivity index (χ2n) is 5.49. The normalized spacial score (nSPS) is 22.0. The molecule has 2 N–H and O–H groups in total. The summed E-state index contributed by atoms with van der Waals surface area (Å²) in [6, 6.07) is 8.19. The molecule has 0 aromatic heterocycles. The summed E-state index contributed by atoms with van der Waals surface area (Å²) in [5.74, 6) is 1.48. The molecule has 1 aliphatic rings. The first-order valence-electron chi connectivity index (χ1n) is 7.42. The first-order valence-corrected chi connectivity index (χ1v) is 7.83. The molecule has 0 heterocycles. The van der Waals surface area contributed by atoms with E-state index < -0.39 is 0 Å². The van der Waals surface area contributed by atoms with Crippen LogP contribution in [-0.4, -0.2) is 24.5 Å². The van der Waals surface area contributed by atoms with Crippen molar-refractivity contribution < 1.29 is 4.74 Å². The standard InChI is InChI=1S/C16H23N3OS/c1-12-6-3-4-9-15(12)18-16(21)19-17-11-13-7-5-8-14(10-13)20-2/h5,7-8,10-12,15H,3-4,6,9H2,1-2H3,(H2,18,19,21)/b17-11-/t12-,15+/m0/s1. The van der Waals surface area contributed by atoms with Crippen molar-refractivity contribution in [1.29, 1.82) is 0 Å². The van der Waals surface area contributed by atoms with Crippen LogP contribution in [-0.2, 0) is 0 Å². The van der Waals surface area contributed by atoms with E-state index in [0.717, 1.165) is 11.3 Å². The Morgan fingerprint density at radius 2 is 2.19 bits per heavy atom. The van der Waals surface area contributed by atoms with Crippen LogP contribution < -0.4 is 15.5 Å². The number of rotatable bonds is 4. The van der Waals surface area contributed by atoms with E-state index in [1.165, 1.54) is 25.7 Å². The van der Waals surface area contributed by atoms with Gasteiger partial charge in [0.05, 0.1) is 13.3 Å². The molecule has 0 saturated heterocycles. The topological polar surface area (TPSA) is 45.6 Å². The van der Waals surface area contributed by atoms with Gasteiger partial charge in [0.1, 0.15) is 5.75 Å². The van der Waals surface area contributed by atoms with Gasteiger partial charge in [0.25, 0.3) is 0 Å². The molecule has 1 fully saturated rings. The summed E-state index contributed by atoms with van der Waals surface area (Å²) in [6.45, 7) is 2.28. The van der Waals surface area contributed by atoms with Gasteiger partial charge in [-0.1, -0.05) is 31.9 Å². The van der Waals surface area contributed by atoms with Crippen molar-refractivity contribution in [2.24, 2.45) is 11.0 Å². The highest BCUT2D eigenvalue weighted by molar-refractivity contribution is 7.80. The quantitative estimate of drug-likeness (QED) is 0.510. The number of hydrazone groups is 1. The minimum absolute atomic E-state index is 0.464. The summed E-state index contributed by atoms with van der Waals surface area (Å²) < 4.78 is 5.17. The highest BCUT2D eigenvalue weighted by atomic mass is 32.1. The molecule has 2 rings (SSSR count). The number of hydrogen-bond donors (Lipinski definition) is 2. The zero-order valence-electron chi connectivity index (χ0n) is 12.6. The maximum absolute atomic E-state index is 5.29. The van der Waals surface area contributed by atoms with Crippen molar-refractivity contribution in [3.63, 3.8) is 0 Å². The Bertz CT molecular complexity index is 504. The van der Waals surface area contributed by atoms with Gasteiger partial charge in [0, 0.05) is 6.04 Å². The third kappa shape index (κ3) is 5.01. The molecule has 0 spiro atoms. The van der Waals surface area contributed by atoms with Crippen LogP contribution in [0, 0.1) is 5.92 Å². The largest absolute Gasteiger partial charge is 0.497 e. The Kier molecular flexibility index (Phi) is 5.99. The fraction of sp³-hybridized carbons (Fsp3) is 0.500. The molecule has 21 heavy (non-hydrogen) atoms. The third-order valence-corrected chi connectivity index (χ3v) is 4.11. The molecule has 2 atom stereocenters. The fourth-order valence-corrected chi connectivity index (χ4v) is 2.82. The van der Waals surface area contributed by atoms with Crippen LogP contribution in [0.4, 0.5) is 0 Å². The zero-order chi connectivity index (χ0) is 15.1. The van der Waals surface area contributed by atoms with Gasteiger partial charge in [-0.25, -0.2) is 0 Å². The molecule has 0 radical (unpaired) electrons. The highest BCUT2D eigenvalue weighted by Crippen LogP contribution is 2.23. The predicted octanol–water partition coefficient (Wildman–Crippen LogP) is 3.07. The van der Waals surface area contributed by atoms with Gasteiger partial charge >= 0.3 is 0 Å². The van der Waals surface area contributed by atoms with Crippen LogP contribution in [0.15, 0.2) is 29.4 Å². The molecule has 1 aliphatic carbocycles. The van der Waals surface area contributed by atoms with Gasteiger partial charge in [-0.2, -0.15) is 5.10 Å². The van der Waals surface area contributed by atoms with Crippen molar-refractivity contribution in [2.45, 2.75) is 38.6 Å². The van der Waals surface area contributed by atoms with E-state index in [1.807, 2.05) is 24.3 Å². The zero-order valence-corrected chi connectivity index (χ0v) is 13.5. The summed E-state index contributed by atoms with van der Waals surface area (Å²) in [4.78, 5) is 0. The number of hydrogen-bond acceptors (Lipinski definition) is 3. The maximum Gasteiger partial charge on any atom is 0.187 e. The molecule has 5 heteroatoms. The summed E-state index contributed by atoms with van der Waals surface area (Å²) in [7, 11) is 1.65. The number of nitrogens with one attached hydrogen (secondary N) is 2. The first-order chi connectivity index (χ1) is 10.2. The predicted molar refractivity (Wildman–Crippen MR) is 90.9 cm³/mol. The molecule has 0 bridgehead atoms. The van der Waals surface area contributed by atoms with Gasteiger partial charge in [0.15, 0.2) is 5.11 Å². The van der Waals surface area contributed by atoms with E-state index in [1.54, 1.807) is 13.3 Å². The van der Waals surface area contributed by atoms with Crippen LogP contribution in [0.5, 0.6) is 5.75 Å². The Morgan fingerprint density at radius 1 is 1.38 bits per heavy atom. The van der Waals surface area contributed by atoms with Crippen LogP contribution in [0.25, 0.3) is 0 Å². The van der Waals surface area contributed by atoms with E-state index in [4.69, 9.17) is 17.0 Å². The monoisotopic (exact) mass is 305 g/mol. The van der Waals surface area contributed by atoms with E-state index in [0.29, 0.717) is 17.1 Å². The Labute approximate surface area is 132 Å². The first kappa shape index (κ1) is 15.8. The second-order valence-corrected chi connectivity index (χ2v) is 5.90.